The van der Waals surface area contributed by atoms with Gasteiger partial charge in [-0.05, 0) is 49.0 Å². The van der Waals surface area contributed by atoms with Gasteiger partial charge in [0.25, 0.3) is 0 Å². The number of aromatic nitrogens is 3. The number of rotatable bonds is 5. The summed E-state index contributed by atoms with van der Waals surface area (Å²) in [5.74, 6) is 0.733. The van der Waals surface area contributed by atoms with Crippen LogP contribution in [0.1, 0.15) is 19.8 Å². The lowest BCUT2D eigenvalue weighted by Gasteiger charge is -2.43. The molecule has 1 aromatic carbocycles. The zero-order valence-electron chi connectivity index (χ0n) is 18.2. The molecule has 1 N–H and O–H groups in total. The topological polar surface area (TPSA) is 72.3 Å². The first kappa shape index (κ1) is 20.2. The second-order valence-electron chi connectivity index (χ2n) is 9.38. The van der Waals surface area contributed by atoms with Crippen molar-refractivity contribution < 1.29 is 9.53 Å². The van der Waals surface area contributed by atoms with Gasteiger partial charge in [-0.1, -0.05) is 19.1 Å². The number of anilines is 1. The summed E-state index contributed by atoms with van der Waals surface area (Å²) < 4.78 is 7.16. The average Bonchev–Trinajstić information content (AvgIpc) is 3.19. The van der Waals surface area contributed by atoms with E-state index in [1.54, 1.807) is 4.68 Å². The molecule has 0 bridgehead atoms. The summed E-state index contributed by atoms with van der Waals surface area (Å²) in [6, 6.07) is 8.20. The number of nitrogens with zero attached hydrogens (tertiary/aromatic N) is 4. The molecular formula is C24H29N5O2. The number of carbonyl (C=O) groups excluding carboxylic acids is 1. The van der Waals surface area contributed by atoms with E-state index in [1.807, 2.05) is 31.7 Å². The Kier molecular flexibility index (Phi) is 5.24. The van der Waals surface area contributed by atoms with E-state index in [0.717, 1.165) is 67.6 Å². The summed E-state index contributed by atoms with van der Waals surface area (Å²) in [4.78, 5) is 19.8. The predicted octanol–water partition coefficient (Wildman–Crippen LogP) is 3.32. The molecule has 0 saturated carbocycles. The van der Waals surface area contributed by atoms with Gasteiger partial charge in [-0.15, -0.1) is 0 Å². The average molecular weight is 420 g/mol. The molecule has 7 heteroatoms. The minimum absolute atomic E-state index is 0.0425. The monoisotopic (exact) mass is 419 g/mol. The number of hydrogen-bond acceptors (Lipinski definition) is 5. The van der Waals surface area contributed by atoms with Crippen molar-refractivity contribution >= 4 is 22.5 Å². The van der Waals surface area contributed by atoms with Gasteiger partial charge in [0.15, 0.2) is 0 Å². The number of likely N-dealkylation sites (tertiary alicyclic amines) is 1. The van der Waals surface area contributed by atoms with Crippen LogP contribution in [-0.2, 0) is 16.6 Å². The molecule has 0 atom stereocenters. The maximum atomic E-state index is 12.9. The molecule has 7 nitrogen and oxygen atoms in total. The Morgan fingerprint density at radius 1 is 1.16 bits per heavy atom. The smallest absolute Gasteiger partial charge is 0.228 e. The van der Waals surface area contributed by atoms with Crippen molar-refractivity contribution in [3.05, 3.63) is 42.9 Å². The summed E-state index contributed by atoms with van der Waals surface area (Å²) in [7, 11) is 1.91. The molecule has 0 radical (unpaired) electrons. The highest BCUT2D eigenvalue weighted by Crippen LogP contribution is 2.30. The molecule has 3 aromatic rings. The van der Waals surface area contributed by atoms with Crippen LogP contribution in [-0.4, -0.2) is 58.4 Å². The van der Waals surface area contributed by atoms with Gasteiger partial charge in [0.2, 0.25) is 5.91 Å². The molecule has 5 rings (SSSR count). The van der Waals surface area contributed by atoms with Crippen LogP contribution in [0.3, 0.4) is 0 Å². The van der Waals surface area contributed by atoms with E-state index >= 15 is 0 Å². The van der Waals surface area contributed by atoms with E-state index in [-0.39, 0.29) is 11.8 Å². The van der Waals surface area contributed by atoms with Crippen LogP contribution in [0.2, 0.25) is 0 Å². The Morgan fingerprint density at radius 3 is 2.65 bits per heavy atom. The van der Waals surface area contributed by atoms with Gasteiger partial charge >= 0.3 is 0 Å². The molecule has 162 valence electrons. The predicted molar refractivity (Wildman–Crippen MR) is 121 cm³/mol. The molecule has 2 saturated heterocycles. The van der Waals surface area contributed by atoms with E-state index in [9.17, 15) is 4.79 Å². The van der Waals surface area contributed by atoms with Crippen molar-refractivity contribution in [2.45, 2.75) is 19.8 Å². The number of carbonyl (C=O) groups is 1. The normalized spacial score (nSPS) is 19.3. The van der Waals surface area contributed by atoms with Crippen LogP contribution in [0.25, 0.3) is 21.9 Å². The van der Waals surface area contributed by atoms with Crippen LogP contribution >= 0.6 is 0 Å². The number of piperidine rings is 1. The van der Waals surface area contributed by atoms with E-state index in [0.29, 0.717) is 11.2 Å². The first-order valence-corrected chi connectivity index (χ1v) is 11.0. The molecule has 31 heavy (non-hydrogen) atoms. The maximum absolute atomic E-state index is 12.9. The minimum Gasteiger partial charge on any atom is -0.380 e. The number of ether oxygens (including phenoxy) is 1. The number of fused-ring (bicyclic) bond motifs is 1. The highest BCUT2D eigenvalue weighted by atomic mass is 16.5. The maximum Gasteiger partial charge on any atom is 0.228 e. The quantitative estimate of drug-likeness (QED) is 0.687. The summed E-state index contributed by atoms with van der Waals surface area (Å²) >= 11 is 0. The molecule has 1 amide bonds. The molecule has 2 aliphatic heterocycles. The largest absolute Gasteiger partial charge is 0.380 e. The Bertz CT molecular complexity index is 1100. The Hall–Kier alpha value is -2.77. The fourth-order valence-corrected chi connectivity index (χ4v) is 4.62. The van der Waals surface area contributed by atoms with Gasteiger partial charge in [-0.3, -0.25) is 9.48 Å². The first-order valence-electron chi connectivity index (χ1n) is 11.0. The number of benzene rings is 1. The SMILES string of the molecule is Cn1cc(-c2ccc3cnc(NC(=O)C4CCN(CC5(C)COC5)CC4)cc3c2)cn1. The molecule has 2 aliphatic rings. The number of pyridine rings is 1. The van der Waals surface area contributed by atoms with Crippen molar-refractivity contribution in [1.29, 1.82) is 0 Å². The van der Waals surface area contributed by atoms with Crippen LogP contribution in [0.4, 0.5) is 5.82 Å². The third kappa shape index (κ3) is 4.34. The molecular weight excluding hydrogens is 390 g/mol. The number of hydrogen-bond donors (Lipinski definition) is 1. The van der Waals surface area contributed by atoms with E-state index in [2.05, 4.69) is 45.4 Å². The fraction of sp³-hybridized carbons (Fsp3) is 0.458. The van der Waals surface area contributed by atoms with E-state index in [4.69, 9.17) is 4.74 Å². The van der Waals surface area contributed by atoms with Crippen molar-refractivity contribution in [3.8, 4) is 11.1 Å². The highest BCUT2D eigenvalue weighted by Gasteiger charge is 2.36. The summed E-state index contributed by atoms with van der Waals surface area (Å²) in [6.45, 7) is 6.97. The molecule has 0 unspecified atom stereocenters. The van der Waals surface area contributed by atoms with E-state index in [1.165, 1.54) is 0 Å². The second kappa shape index (κ2) is 8.05. The number of aryl methyl sites for hydroxylation is 1. The van der Waals surface area contributed by atoms with Gasteiger partial charge < -0.3 is 15.0 Å². The summed E-state index contributed by atoms with van der Waals surface area (Å²) in [5.41, 5.74) is 2.46. The van der Waals surface area contributed by atoms with Gasteiger partial charge in [0, 0.05) is 48.3 Å². The minimum atomic E-state index is 0.0425. The Labute approximate surface area is 182 Å². The van der Waals surface area contributed by atoms with Crippen molar-refractivity contribution in [2.24, 2.45) is 18.4 Å². The molecule has 2 aromatic heterocycles. The lowest BCUT2D eigenvalue weighted by atomic mass is 9.86. The number of amides is 1. The van der Waals surface area contributed by atoms with Gasteiger partial charge in [-0.2, -0.15) is 5.10 Å². The second-order valence-corrected chi connectivity index (χ2v) is 9.38. The van der Waals surface area contributed by atoms with Crippen LogP contribution in [0, 0.1) is 11.3 Å². The lowest BCUT2D eigenvalue weighted by Crippen LogP contribution is -2.51. The molecule has 2 fully saturated rings. The number of nitrogens with one attached hydrogen (secondary N) is 1. The van der Waals surface area contributed by atoms with Crippen LogP contribution in [0.15, 0.2) is 42.9 Å². The zero-order chi connectivity index (χ0) is 21.4. The van der Waals surface area contributed by atoms with E-state index < -0.39 is 0 Å². The van der Waals surface area contributed by atoms with Gasteiger partial charge in [0.1, 0.15) is 5.82 Å². The molecule has 0 aliphatic carbocycles. The van der Waals surface area contributed by atoms with Crippen molar-refractivity contribution in [1.82, 2.24) is 19.7 Å². The Morgan fingerprint density at radius 2 is 1.97 bits per heavy atom. The molecule has 4 heterocycles. The standard InChI is InChI=1S/C24H29N5O2/c1-24(15-31-16-24)14-29-7-5-17(6-8-29)23(30)27-22-10-20-9-18(3-4-19(20)11-25-22)21-12-26-28(2)13-21/h3-4,9-13,17H,5-8,14-16H2,1-2H3,(H,25,27,30). The van der Waals surface area contributed by atoms with Crippen LogP contribution in [0.5, 0.6) is 0 Å². The van der Waals surface area contributed by atoms with Gasteiger partial charge in [0.05, 0.1) is 19.4 Å². The van der Waals surface area contributed by atoms with Crippen LogP contribution < -0.4 is 5.32 Å². The summed E-state index contributed by atoms with van der Waals surface area (Å²) in [5, 5.41) is 9.40. The fourth-order valence-electron chi connectivity index (χ4n) is 4.62. The van der Waals surface area contributed by atoms with Crippen molar-refractivity contribution in [2.75, 3.05) is 38.2 Å². The van der Waals surface area contributed by atoms with Gasteiger partial charge in [-0.25, -0.2) is 4.98 Å². The zero-order valence-corrected chi connectivity index (χ0v) is 18.2. The highest BCUT2D eigenvalue weighted by molar-refractivity contribution is 5.95. The van der Waals surface area contributed by atoms with Crippen molar-refractivity contribution in [3.63, 3.8) is 0 Å². The summed E-state index contributed by atoms with van der Waals surface area (Å²) in [6.07, 6.45) is 7.45. The molecule has 0 spiro atoms. The Balaban J connectivity index is 1.23. The third-order valence-electron chi connectivity index (χ3n) is 6.48. The third-order valence-corrected chi connectivity index (χ3v) is 6.48. The first-order chi connectivity index (χ1) is 15.0. The lowest BCUT2D eigenvalue weighted by molar-refractivity contribution is -0.125.